The molecular weight excluding hydrogens is 334 g/mol. The van der Waals surface area contributed by atoms with Crippen LogP contribution < -0.4 is 14.8 Å². The number of benzene rings is 1. The number of nitrogens with one attached hydrogen (secondary N) is 2. The van der Waals surface area contributed by atoms with Gasteiger partial charge in [-0.2, -0.15) is 0 Å². The summed E-state index contributed by atoms with van der Waals surface area (Å²) in [6, 6.07) is 4.33. The van der Waals surface area contributed by atoms with Crippen LogP contribution in [0.1, 0.15) is 10.4 Å². The first-order valence-corrected chi connectivity index (χ1v) is 9.16. The normalized spacial score (nSPS) is 15.9. The highest BCUT2D eigenvalue weighted by molar-refractivity contribution is 7.89. The minimum atomic E-state index is -3.71. The third kappa shape index (κ3) is 4.67. The fourth-order valence-electron chi connectivity index (χ4n) is 2.39. The number of carbonyl (C=O) groups excluding carboxylic acids is 1. The molecule has 1 amide bonds. The Morgan fingerprint density at radius 3 is 2.67 bits per heavy atom. The maximum absolute atomic E-state index is 12.2. The van der Waals surface area contributed by atoms with Gasteiger partial charge in [-0.3, -0.25) is 9.69 Å². The van der Waals surface area contributed by atoms with Crippen LogP contribution in [0, 0.1) is 0 Å². The zero-order valence-corrected chi connectivity index (χ0v) is 14.7. The topological polar surface area (TPSA) is 97.0 Å². The highest BCUT2D eigenvalue weighted by atomic mass is 32.2. The average molecular weight is 357 g/mol. The summed E-state index contributed by atoms with van der Waals surface area (Å²) < 4.78 is 36.6. The minimum absolute atomic E-state index is 0.0617. The summed E-state index contributed by atoms with van der Waals surface area (Å²) in [7, 11) is -1.02. The van der Waals surface area contributed by atoms with Gasteiger partial charge in [-0.25, -0.2) is 13.1 Å². The first kappa shape index (κ1) is 18.7. The Bertz CT molecular complexity index is 672. The molecule has 1 aromatic carbocycles. The van der Waals surface area contributed by atoms with E-state index in [1.807, 2.05) is 0 Å². The summed E-state index contributed by atoms with van der Waals surface area (Å²) in [4.78, 5) is 14.4. The van der Waals surface area contributed by atoms with Gasteiger partial charge in [0.25, 0.3) is 5.91 Å². The molecule has 0 aromatic heterocycles. The number of hydrogen-bond acceptors (Lipinski definition) is 6. The van der Waals surface area contributed by atoms with Crippen molar-refractivity contribution in [1.82, 2.24) is 14.9 Å². The molecule has 1 aliphatic rings. The Kier molecular flexibility index (Phi) is 6.55. The summed E-state index contributed by atoms with van der Waals surface area (Å²) in [5, 5.41) is 2.80. The van der Waals surface area contributed by atoms with E-state index < -0.39 is 10.0 Å². The lowest BCUT2D eigenvalue weighted by molar-refractivity contribution is 0.0383. The molecule has 0 bridgehead atoms. The van der Waals surface area contributed by atoms with Gasteiger partial charge in [0.05, 0.1) is 20.3 Å². The number of amides is 1. The predicted octanol–water partition coefficient (Wildman–Crippen LogP) is -0.335. The van der Waals surface area contributed by atoms with E-state index in [-0.39, 0.29) is 22.1 Å². The molecule has 24 heavy (non-hydrogen) atoms. The lowest BCUT2D eigenvalue weighted by Crippen LogP contribution is -2.41. The Morgan fingerprint density at radius 1 is 1.33 bits per heavy atom. The molecule has 1 aliphatic heterocycles. The zero-order chi connectivity index (χ0) is 17.6. The fourth-order valence-corrected chi connectivity index (χ4v) is 3.31. The Morgan fingerprint density at radius 2 is 2.04 bits per heavy atom. The molecular formula is C15H23N3O5S. The third-order valence-electron chi connectivity index (χ3n) is 3.80. The number of nitrogens with zero attached hydrogens (tertiary/aromatic N) is 1. The summed E-state index contributed by atoms with van der Waals surface area (Å²) in [6.45, 7) is 4.33. The quantitative estimate of drug-likeness (QED) is 0.693. The summed E-state index contributed by atoms with van der Waals surface area (Å²) >= 11 is 0. The van der Waals surface area contributed by atoms with Crippen molar-refractivity contribution in [2.75, 3.05) is 53.6 Å². The standard InChI is InChI=1S/C15H23N3O5S/c1-16-24(20,21)14-11-12(3-4-13(14)22-2)15(19)17-5-6-18-7-9-23-10-8-18/h3-4,11,16H,5-10H2,1-2H3,(H,17,19). The van der Waals surface area contributed by atoms with Crippen molar-refractivity contribution in [2.45, 2.75) is 4.90 Å². The summed E-state index contributed by atoms with van der Waals surface area (Å²) in [5.74, 6) is -0.132. The molecule has 1 aromatic rings. The van der Waals surface area contributed by atoms with Crippen LogP contribution in [0.2, 0.25) is 0 Å². The van der Waals surface area contributed by atoms with Crippen molar-refractivity contribution in [3.63, 3.8) is 0 Å². The molecule has 8 nitrogen and oxygen atoms in total. The van der Waals surface area contributed by atoms with Gasteiger partial charge in [-0.05, 0) is 25.2 Å². The monoisotopic (exact) mass is 357 g/mol. The van der Waals surface area contributed by atoms with E-state index in [0.29, 0.717) is 19.8 Å². The molecule has 0 spiro atoms. The molecule has 0 unspecified atom stereocenters. The number of methoxy groups -OCH3 is 1. The highest BCUT2D eigenvalue weighted by Gasteiger charge is 2.20. The number of carbonyl (C=O) groups is 1. The van der Waals surface area contributed by atoms with Crippen LogP contribution in [-0.2, 0) is 14.8 Å². The summed E-state index contributed by atoms with van der Waals surface area (Å²) in [6.07, 6.45) is 0. The van der Waals surface area contributed by atoms with E-state index in [4.69, 9.17) is 9.47 Å². The van der Waals surface area contributed by atoms with E-state index in [2.05, 4.69) is 14.9 Å². The van der Waals surface area contributed by atoms with Crippen LogP contribution in [0.5, 0.6) is 5.75 Å². The Balaban J connectivity index is 2.02. The fraction of sp³-hybridized carbons (Fsp3) is 0.533. The smallest absolute Gasteiger partial charge is 0.251 e. The van der Waals surface area contributed by atoms with Gasteiger partial charge in [0, 0.05) is 31.7 Å². The predicted molar refractivity (Wildman–Crippen MR) is 88.8 cm³/mol. The van der Waals surface area contributed by atoms with Crippen molar-refractivity contribution in [3.05, 3.63) is 23.8 Å². The van der Waals surface area contributed by atoms with Gasteiger partial charge < -0.3 is 14.8 Å². The van der Waals surface area contributed by atoms with E-state index in [1.54, 1.807) is 0 Å². The Hall–Kier alpha value is -1.68. The average Bonchev–Trinajstić information content (AvgIpc) is 2.62. The van der Waals surface area contributed by atoms with Gasteiger partial charge in [0.1, 0.15) is 10.6 Å². The van der Waals surface area contributed by atoms with Crippen LogP contribution in [0.3, 0.4) is 0 Å². The van der Waals surface area contributed by atoms with E-state index in [1.165, 1.54) is 32.4 Å². The van der Waals surface area contributed by atoms with Crippen LogP contribution in [-0.4, -0.2) is 72.8 Å². The molecule has 2 N–H and O–H groups in total. The number of rotatable bonds is 7. The van der Waals surface area contributed by atoms with Crippen molar-refractivity contribution >= 4 is 15.9 Å². The lowest BCUT2D eigenvalue weighted by Gasteiger charge is -2.26. The third-order valence-corrected chi connectivity index (χ3v) is 5.24. The Labute approximate surface area is 142 Å². The molecule has 1 heterocycles. The molecule has 0 atom stereocenters. The molecule has 0 aliphatic carbocycles. The SMILES string of the molecule is CNS(=O)(=O)c1cc(C(=O)NCCN2CCOCC2)ccc1OC. The maximum atomic E-state index is 12.2. The maximum Gasteiger partial charge on any atom is 0.251 e. The number of morpholine rings is 1. The molecule has 2 rings (SSSR count). The van der Waals surface area contributed by atoms with Crippen LogP contribution in [0.4, 0.5) is 0 Å². The molecule has 1 fully saturated rings. The number of ether oxygens (including phenoxy) is 2. The molecule has 9 heteroatoms. The van der Waals surface area contributed by atoms with E-state index in [0.717, 1.165) is 19.6 Å². The van der Waals surface area contributed by atoms with Gasteiger partial charge in [0.2, 0.25) is 10.0 Å². The van der Waals surface area contributed by atoms with E-state index >= 15 is 0 Å². The summed E-state index contributed by atoms with van der Waals surface area (Å²) in [5.41, 5.74) is 0.270. The van der Waals surface area contributed by atoms with Crippen molar-refractivity contribution in [2.24, 2.45) is 0 Å². The van der Waals surface area contributed by atoms with Crippen molar-refractivity contribution in [3.8, 4) is 5.75 Å². The van der Waals surface area contributed by atoms with Gasteiger partial charge in [-0.1, -0.05) is 0 Å². The number of hydrogen-bond donors (Lipinski definition) is 2. The molecule has 1 saturated heterocycles. The second-order valence-corrected chi connectivity index (χ2v) is 7.14. The first-order valence-electron chi connectivity index (χ1n) is 7.68. The molecule has 0 saturated carbocycles. The second-order valence-electron chi connectivity index (χ2n) is 5.28. The van der Waals surface area contributed by atoms with Gasteiger partial charge in [0.15, 0.2) is 0 Å². The second kappa shape index (κ2) is 8.43. The van der Waals surface area contributed by atoms with Gasteiger partial charge >= 0.3 is 0 Å². The zero-order valence-electron chi connectivity index (χ0n) is 13.9. The lowest BCUT2D eigenvalue weighted by atomic mass is 10.2. The highest BCUT2D eigenvalue weighted by Crippen LogP contribution is 2.24. The molecule has 0 radical (unpaired) electrons. The van der Waals surface area contributed by atoms with Crippen LogP contribution in [0.25, 0.3) is 0 Å². The van der Waals surface area contributed by atoms with E-state index in [9.17, 15) is 13.2 Å². The first-order chi connectivity index (χ1) is 11.5. The molecule has 134 valence electrons. The van der Waals surface area contributed by atoms with Gasteiger partial charge in [-0.15, -0.1) is 0 Å². The van der Waals surface area contributed by atoms with Crippen LogP contribution >= 0.6 is 0 Å². The number of sulfonamides is 1. The van der Waals surface area contributed by atoms with Crippen molar-refractivity contribution in [1.29, 1.82) is 0 Å². The van der Waals surface area contributed by atoms with Crippen LogP contribution in [0.15, 0.2) is 23.1 Å². The minimum Gasteiger partial charge on any atom is -0.495 e. The van der Waals surface area contributed by atoms with Crippen molar-refractivity contribution < 1.29 is 22.7 Å². The largest absolute Gasteiger partial charge is 0.495 e.